The van der Waals surface area contributed by atoms with E-state index in [4.69, 9.17) is 0 Å². The maximum Gasteiger partial charge on any atom is 0.278 e. The van der Waals surface area contributed by atoms with Crippen LogP contribution >= 0.6 is 11.9 Å². The molecule has 0 amide bonds. The molecule has 0 saturated carbocycles. The summed E-state index contributed by atoms with van der Waals surface area (Å²) in [5.74, 6) is 2.04. The van der Waals surface area contributed by atoms with Crippen LogP contribution in [0.25, 0.3) is 0 Å². The Morgan fingerprint density at radius 3 is 2.30 bits per heavy atom. The molecule has 3 aromatic rings. The molecule has 2 aliphatic heterocycles. The first-order chi connectivity index (χ1) is 18.2. The molecule has 9 heteroatoms. The van der Waals surface area contributed by atoms with Crippen molar-refractivity contribution in [1.29, 1.82) is 0 Å². The first kappa shape index (κ1) is 25.4. The average Bonchev–Trinajstić information content (AvgIpc) is 3.45. The molecule has 0 bridgehead atoms. The van der Waals surface area contributed by atoms with E-state index in [9.17, 15) is 8.78 Å². The van der Waals surface area contributed by atoms with E-state index in [0.717, 1.165) is 67.7 Å². The maximum absolute atomic E-state index is 12.9. The molecule has 0 spiro atoms. The fraction of sp³-hybridized carbons (Fsp3) is 0.321. The van der Waals surface area contributed by atoms with Crippen molar-refractivity contribution in [2.24, 2.45) is 10.2 Å². The Morgan fingerprint density at radius 1 is 0.865 bits per heavy atom. The lowest BCUT2D eigenvalue weighted by Gasteiger charge is -2.35. The van der Waals surface area contributed by atoms with Gasteiger partial charge in [0, 0.05) is 56.8 Å². The summed E-state index contributed by atoms with van der Waals surface area (Å²) < 4.78 is 28.1. The summed E-state index contributed by atoms with van der Waals surface area (Å²) in [5, 5.41) is 7.58. The topological polar surface area (TPSA) is 47.3 Å². The van der Waals surface area contributed by atoms with E-state index in [1.54, 1.807) is 0 Å². The van der Waals surface area contributed by atoms with E-state index in [1.165, 1.54) is 0 Å². The van der Waals surface area contributed by atoms with E-state index in [0.29, 0.717) is 5.71 Å². The van der Waals surface area contributed by atoms with Crippen molar-refractivity contribution in [2.45, 2.75) is 19.4 Å². The van der Waals surface area contributed by atoms with Crippen molar-refractivity contribution in [1.82, 2.24) is 9.88 Å². The molecule has 0 unspecified atom stereocenters. The van der Waals surface area contributed by atoms with Crippen LogP contribution in [0.5, 0.6) is 0 Å². The van der Waals surface area contributed by atoms with Crippen LogP contribution < -0.4 is 9.21 Å². The molecule has 37 heavy (non-hydrogen) atoms. The van der Waals surface area contributed by atoms with Crippen LogP contribution in [0.3, 0.4) is 0 Å². The standard InChI is InChI=1S/C28H30F2N6S/c29-28(30)26-20-25(32-33-26)23-11-9-22(10-12-23)21-36(24-6-2-1-3-7-24)37-19-18-34-14-16-35(17-15-34)27-8-4-5-13-31-27/h1-13,28H,14-21H2. The minimum absolute atomic E-state index is 0.110. The van der Waals surface area contributed by atoms with Gasteiger partial charge in [-0.3, -0.25) is 4.90 Å². The summed E-state index contributed by atoms with van der Waals surface area (Å²) in [5.41, 5.74) is 3.58. The lowest BCUT2D eigenvalue weighted by atomic mass is 10.0. The van der Waals surface area contributed by atoms with Gasteiger partial charge in [-0.2, -0.15) is 10.2 Å². The maximum atomic E-state index is 12.9. The summed E-state index contributed by atoms with van der Waals surface area (Å²) >= 11 is 1.83. The molecule has 5 rings (SSSR count). The van der Waals surface area contributed by atoms with Crippen LogP contribution in [0.2, 0.25) is 0 Å². The summed E-state index contributed by atoms with van der Waals surface area (Å²) in [4.78, 5) is 9.34. The SMILES string of the molecule is FC(F)C1=NN=C(c2ccc(CN(SCCN3CCN(c4ccccn4)CC3)c3ccccc3)cc2)C1. The Kier molecular flexibility index (Phi) is 8.42. The molecular weight excluding hydrogens is 490 g/mol. The number of anilines is 2. The summed E-state index contributed by atoms with van der Waals surface area (Å²) in [6, 6.07) is 24.5. The average molecular weight is 521 g/mol. The van der Waals surface area contributed by atoms with Crippen molar-refractivity contribution in [3.63, 3.8) is 0 Å². The first-order valence-corrected chi connectivity index (χ1v) is 13.4. The Labute approximate surface area is 220 Å². The number of halogens is 2. The molecule has 0 N–H and O–H groups in total. The molecule has 1 fully saturated rings. The minimum Gasteiger partial charge on any atom is -0.354 e. The van der Waals surface area contributed by atoms with Crippen LogP contribution in [0.4, 0.5) is 20.3 Å². The fourth-order valence-electron chi connectivity index (χ4n) is 4.44. The van der Waals surface area contributed by atoms with Gasteiger partial charge in [0.05, 0.1) is 12.3 Å². The molecule has 2 aliphatic rings. The van der Waals surface area contributed by atoms with Crippen molar-refractivity contribution in [3.05, 3.63) is 90.1 Å². The minimum atomic E-state index is -2.55. The van der Waals surface area contributed by atoms with E-state index in [2.05, 4.69) is 59.6 Å². The third-order valence-corrected chi connectivity index (χ3v) is 7.57. The Bertz CT molecular complexity index is 1200. The van der Waals surface area contributed by atoms with Gasteiger partial charge in [0.1, 0.15) is 11.5 Å². The highest BCUT2D eigenvalue weighted by atomic mass is 32.2. The highest BCUT2D eigenvalue weighted by Gasteiger charge is 2.22. The zero-order chi connectivity index (χ0) is 25.5. The zero-order valence-electron chi connectivity index (χ0n) is 20.6. The molecule has 192 valence electrons. The third kappa shape index (κ3) is 6.72. The zero-order valence-corrected chi connectivity index (χ0v) is 21.4. The molecule has 0 atom stereocenters. The van der Waals surface area contributed by atoms with Crippen LogP contribution in [0.15, 0.2) is 89.2 Å². The second-order valence-electron chi connectivity index (χ2n) is 9.03. The van der Waals surface area contributed by atoms with Crippen molar-refractivity contribution in [2.75, 3.05) is 47.7 Å². The Morgan fingerprint density at radius 2 is 1.62 bits per heavy atom. The second kappa shape index (κ2) is 12.3. The first-order valence-electron chi connectivity index (χ1n) is 12.5. The number of rotatable bonds is 10. The number of benzene rings is 2. The van der Waals surface area contributed by atoms with Gasteiger partial charge in [-0.05, 0) is 47.3 Å². The predicted octanol–water partition coefficient (Wildman–Crippen LogP) is 5.37. The summed E-state index contributed by atoms with van der Waals surface area (Å²) in [6.45, 7) is 5.82. The summed E-state index contributed by atoms with van der Waals surface area (Å²) in [7, 11) is 0. The molecule has 3 heterocycles. The fourth-order valence-corrected chi connectivity index (χ4v) is 5.51. The number of pyridine rings is 1. The van der Waals surface area contributed by atoms with Gasteiger partial charge in [-0.1, -0.05) is 48.5 Å². The van der Waals surface area contributed by atoms with Crippen molar-refractivity contribution < 1.29 is 8.78 Å². The highest BCUT2D eigenvalue weighted by Crippen LogP contribution is 2.26. The van der Waals surface area contributed by atoms with Gasteiger partial charge < -0.3 is 9.21 Å². The molecule has 1 saturated heterocycles. The van der Waals surface area contributed by atoms with E-state index in [1.807, 2.05) is 60.6 Å². The van der Waals surface area contributed by atoms with Crippen LogP contribution in [0, 0.1) is 0 Å². The van der Waals surface area contributed by atoms with Gasteiger partial charge in [0.25, 0.3) is 6.43 Å². The smallest absolute Gasteiger partial charge is 0.278 e. The number of nitrogens with zero attached hydrogens (tertiary/aromatic N) is 6. The second-order valence-corrected chi connectivity index (χ2v) is 10.1. The molecule has 2 aromatic carbocycles. The lowest BCUT2D eigenvalue weighted by Crippen LogP contribution is -2.47. The van der Waals surface area contributed by atoms with Gasteiger partial charge in [0.2, 0.25) is 0 Å². The quantitative estimate of drug-likeness (QED) is 0.336. The largest absolute Gasteiger partial charge is 0.354 e. The monoisotopic (exact) mass is 520 g/mol. The highest BCUT2D eigenvalue weighted by molar-refractivity contribution is 8.00. The molecule has 6 nitrogen and oxygen atoms in total. The van der Waals surface area contributed by atoms with Crippen molar-refractivity contribution in [3.8, 4) is 0 Å². The van der Waals surface area contributed by atoms with E-state index >= 15 is 0 Å². The Balaban J connectivity index is 1.15. The van der Waals surface area contributed by atoms with Crippen molar-refractivity contribution >= 4 is 34.9 Å². The predicted molar refractivity (Wildman–Crippen MR) is 149 cm³/mol. The molecule has 1 aromatic heterocycles. The number of para-hydroxylation sites is 1. The van der Waals surface area contributed by atoms with Gasteiger partial charge in [-0.25, -0.2) is 13.8 Å². The molecular formula is C28H30F2N6S. The number of alkyl halides is 2. The van der Waals surface area contributed by atoms with Gasteiger partial charge >= 0.3 is 0 Å². The third-order valence-electron chi connectivity index (χ3n) is 6.56. The number of hydrogen-bond acceptors (Lipinski definition) is 7. The van der Waals surface area contributed by atoms with Crippen LogP contribution in [0.1, 0.15) is 17.5 Å². The van der Waals surface area contributed by atoms with E-state index < -0.39 is 6.43 Å². The van der Waals surface area contributed by atoms with E-state index in [-0.39, 0.29) is 12.1 Å². The Hall–Kier alpha value is -3.30. The number of hydrogen-bond donors (Lipinski definition) is 0. The molecule has 0 radical (unpaired) electrons. The molecule has 0 aliphatic carbocycles. The summed E-state index contributed by atoms with van der Waals surface area (Å²) in [6.07, 6.45) is -0.592. The number of aromatic nitrogens is 1. The number of piperazine rings is 1. The van der Waals surface area contributed by atoms with Gasteiger partial charge in [-0.15, -0.1) is 0 Å². The normalized spacial score (nSPS) is 16.1. The lowest BCUT2D eigenvalue weighted by molar-refractivity contribution is 0.224. The van der Waals surface area contributed by atoms with Gasteiger partial charge in [0.15, 0.2) is 0 Å². The van der Waals surface area contributed by atoms with Crippen LogP contribution in [-0.4, -0.2) is 66.2 Å². The van der Waals surface area contributed by atoms with Crippen LogP contribution in [-0.2, 0) is 6.54 Å².